The van der Waals surface area contributed by atoms with E-state index in [2.05, 4.69) is 4.74 Å². The lowest BCUT2D eigenvalue weighted by molar-refractivity contribution is -0.139. The number of ether oxygens (including phenoxy) is 2. The molecule has 0 spiro atoms. The van der Waals surface area contributed by atoms with Gasteiger partial charge < -0.3 is 9.47 Å². The monoisotopic (exact) mass is 242 g/mol. The number of alkyl halides is 1. The molecule has 1 aromatic carbocycles. The largest absolute Gasteiger partial charge is 0.497 e. The zero-order valence-corrected chi connectivity index (χ0v) is 9.65. The number of methoxy groups -OCH3 is 2. The number of halogens is 1. The minimum absolute atomic E-state index is 0.339. The molecule has 0 fully saturated rings. The molecule has 86 valence electrons. The average molecular weight is 243 g/mol. The summed E-state index contributed by atoms with van der Waals surface area (Å²) in [4.78, 5) is 22.7. The summed E-state index contributed by atoms with van der Waals surface area (Å²) in [5.41, 5.74) is 0.339. The van der Waals surface area contributed by atoms with E-state index in [9.17, 15) is 9.59 Å². The minimum Gasteiger partial charge on any atom is -0.497 e. The third kappa shape index (κ3) is 2.73. The summed E-state index contributed by atoms with van der Waals surface area (Å²) in [5.74, 6) is -0.626. The maximum absolute atomic E-state index is 11.7. The molecule has 0 radical (unpaired) electrons. The smallest absolute Gasteiger partial charge is 0.331 e. The lowest BCUT2D eigenvalue weighted by Crippen LogP contribution is -2.25. The van der Waals surface area contributed by atoms with Gasteiger partial charge in [0.2, 0.25) is 0 Å². The normalized spacial score (nSPS) is 11.7. The van der Waals surface area contributed by atoms with Crippen LogP contribution in [0.1, 0.15) is 10.4 Å². The van der Waals surface area contributed by atoms with Crippen LogP contribution in [0.3, 0.4) is 0 Å². The van der Waals surface area contributed by atoms with Crippen LogP contribution in [0, 0.1) is 0 Å². The van der Waals surface area contributed by atoms with Crippen molar-refractivity contribution in [2.24, 2.45) is 0 Å². The second-order valence-corrected chi connectivity index (χ2v) is 3.41. The highest BCUT2D eigenvalue weighted by molar-refractivity contribution is 6.43. The molecule has 0 bridgehead atoms. The van der Waals surface area contributed by atoms with E-state index in [1.54, 1.807) is 24.3 Å². The minimum atomic E-state index is -1.31. The Balaban J connectivity index is 2.84. The molecule has 16 heavy (non-hydrogen) atoms. The van der Waals surface area contributed by atoms with Crippen LogP contribution in [-0.4, -0.2) is 31.3 Å². The van der Waals surface area contributed by atoms with Crippen molar-refractivity contribution < 1.29 is 19.1 Å². The lowest BCUT2D eigenvalue weighted by atomic mass is 10.1. The molecule has 1 rings (SSSR count). The number of carbonyl (C=O) groups excluding carboxylic acids is 2. The molecule has 0 saturated carbocycles. The molecular weight excluding hydrogens is 232 g/mol. The highest BCUT2D eigenvalue weighted by atomic mass is 35.5. The maximum Gasteiger partial charge on any atom is 0.331 e. The van der Waals surface area contributed by atoms with Crippen LogP contribution in [0.2, 0.25) is 0 Å². The van der Waals surface area contributed by atoms with Gasteiger partial charge in [-0.15, -0.1) is 11.6 Å². The van der Waals surface area contributed by atoms with E-state index in [0.29, 0.717) is 11.3 Å². The maximum atomic E-state index is 11.7. The predicted octanol–water partition coefficient (Wildman–Crippen LogP) is 1.66. The molecule has 0 aliphatic heterocycles. The Bertz CT molecular complexity index is 385. The Hall–Kier alpha value is -1.55. The SMILES string of the molecule is COC(=O)C(Cl)C(=O)c1ccc(OC)cc1. The van der Waals surface area contributed by atoms with Crippen LogP contribution in [-0.2, 0) is 9.53 Å². The molecule has 4 nitrogen and oxygen atoms in total. The van der Waals surface area contributed by atoms with Crippen LogP contribution in [0.5, 0.6) is 5.75 Å². The van der Waals surface area contributed by atoms with Crippen LogP contribution < -0.4 is 4.74 Å². The fourth-order valence-electron chi connectivity index (χ4n) is 1.11. The van der Waals surface area contributed by atoms with Gasteiger partial charge in [-0.25, -0.2) is 4.79 Å². The summed E-state index contributed by atoms with van der Waals surface area (Å²) < 4.78 is 9.33. The van der Waals surface area contributed by atoms with Gasteiger partial charge in [-0.2, -0.15) is 0 Å². The number of ketones is 1. The molecule has 1 atom stereocenters. The highest BCUT2D eigenvalue weighted by Crippen LogP contribution is 2.15. The number of esters is 1. The van der Waals surface area contributed by atoms with E-state index in [0.717, 1.165) is 0 Å². The van der Waals surface area contributed by atoms with Crippen molar-refractivity contribution in [2.75, 3.05) is 14.2 Å². The standard InChI is InChI=1S/C11H11ClO4/c1-15-8-5-3-7(4-6-8)10(13)9(12)11(14)16-2/h3-6,9H,1-2H3. The van der Waals surface area contributed by atoms with Gasteiger partial charge >= 0.3 is 5.97 Å². The van der Waals surface area contributed by atoms with Crippen LogP contribution in [0.15, 0.2) is 24.3 Å². The van der Waals surface area contributed by atoms with E-state index in [4.69, 9.17) is 16.3 Å². The zero-order chi connectivity index (χ0) is 12.1. The summed E-state index contributed by atoms with van der Waals surface area (Å²) in [6.07, 6.45) is 0. The quantitative estimate of drug-likeness (QED) is 0.349. The Morgan fingerprint density at radius 3 is 2.19 bits per heavy atom. The van der Waals surface area contributed by atoms with Crippen molar-refractivity contribution in [3.63, 3.8) is 0 Å². The van der Waals surface area contributed by atoms with Crippen molar-refractivity contribution in [2.45, 2.75) is 5.38 Å². The zero-order valence-electron chi connectivity index (χ0n) is 8.90. The summed E-state index contributed by atoms with van der Waals surface area (Å²) >= 11 is 5.63. The van der Waals surface area contributed by atoms with Gasteiger partial charge in [-0.05, 0) is 24.3 Å². The Labute approximate surface area is 98.1 Å². The number of hydrogen-bond donors (Lipinski definition) is 0. The molecule has 0 aliphatic carbocycles. The summed E-state index contributed by atoms with van der Waals surface area (Å²) in [7, 11) is 2.70. The van der Waals surface area contributed by atoms with Crippen molar-refractivity contribution in [1.82, 2.24) is 0 Å². The van der Waals surface area contributed by atoms with Gasteiger partial charge in [0.1, 0.15) is 5.75 Å². The van der Waals surface area contributed by atoms with Crippen molar-refractivity contribution >= 4 is 23.4 Å². The number of Topliss-reactive ketones (excluding diaryl/α,β-unsaturated/α-hetero) is 1. The van der Waals surface area contributed by atoms with Crippen molar-refractivity contribution in [3.8, 4) is 5.75 Å². The summed E-state index contributed by atoms with van der Waals surface area (Å²) in [5, 5.41) is -1.31. The molecule has 0 N–H and O–H groups in total. The second-order valence-electron chi connectivity index (χ2n) is 2.98. The molecule has 0 heterocycles. The third-order valence-electron chi connectivity index (χ3n) is 2.01. The van der Waals surface area contributed by atoms with Gasteiger partial charge in [0.15, 0.2) is 11.2 Å². The van der Waals surface area contributed by atoms with E-state index in [1.807, 2.05) is 0 Å². The number of hydrogen-bond acceptors (Lipinski definition) is 4. The molecule has 1 aromatic rings. The van der Waals surface area contributed by atoms with Crippen LogP contribution >= 0.6 is 11.6 Å². The number of carbonyl (C=O) groups is 2. The van der Waals surface area contributed by atoms with Crippen LogP contribution in [0.25, 0.3) is 0 Å². The third-order valence-corrected chi connectivity index (χ3v) is 2.39. The average Bonchev–Trinajstić information content (AvgIpc) is 2.36. The Morgan fingerprint density at radius 1 is 1.19 bits per heavy atom. The Morgan fingerprint density at radius 2 is 1.75 bits per heavy atom. The fourth-order valence-corrected chi connectivity index (χ4v) is 1.33. The van der Waals surface area contributed by atoms with E-state index >= 15 is 0 Å². The second kappa shape index (κ2) is 5.51. The van der Waals surface area contributed by atoms with Gasteiger partial charge in [-0.3, -0.25) is 4.79 Å². The van der Waals surface area contributed by atoms with Crippen molar-refractivity contribution in [1.29, 1.82) is 0 Å². The van der Waals surface area contributed by atoms with Gasteiger partial charge in [0, 0.05) is 5.56 Å². The first-order valence-electron chi connectivity index (χ1n) is 4.50. The van der Waals surface area contributed by atoms with E-state index in [-0.39, 0.29) is 0 Å². The van der Waals surface area contributed by atoms with Gasteiger partial charge in [-0.1, -0.05) is 0 Å². The molecule has 5 heteroatoms. The van der Waals surface area contributed by atoms with E-state index < -0.39 is 17.1 Å². The first-order chi connectivity index (χ1) is 7.60. The Kier molecular flexibility index (Phi) is 4.31. The lowest BCUT2D eigenvalue weighted by Gasteiger charge is -2.06. The topological polar surface area (TPSA) is 52.6 Å². The first-order valence-corrected chi connectivity index (χ1v) is 4.94. The molecular formula is C11H11ClO4. The molecule has 0 saturated heterocycles. The molecule has 0 amide bonds. The van der Waals surface area contributed by atoms with Crippen LogP contribution in [0.4, 0.5) is 0 Å². The van der Waals surface area contributed by atoms with E-state index in [1.165, 1.54) is 14.2 Å². The fraction of sp³-hybridized carbons (Fsp3) is 0.273. The number of rotatable bonds is 4. The van der Waals surface area contributed by atoms with Crippen molar-refractivity contribution in [3.05, 3.63) is 29.8 Å². The van der Waals surface area contributed by atoms with Gasteiger partial charge in [0.25, 0.3) is 0 Å². The number of benzene rings is 1. The summed E-state index contributed by atoms with van der Waals surface area (Å²) in [6.45, 7) is 0. The highest BCUT2D eigenvalue weighted by Gasteiger charge is 2.25. The molecule has 0 aromatic heterocycles. The first kappa shape index (κ1) is 12.5. The predicted molar refractivity (Wildman–Crippen MR) is 59.0 cm³/mol. The molecule has 0 aliphatic rings. The van der Waals surface area contributed by atoms with Gasteiger partial charge in [0.05, 0.1) is 14.2 Å². The molecule has 1 unspecified atom stereocenters. The summed E-state index contributed by atoms with van der Waals surface area (Å²) in [6, 6.07) is 6.32.